The summed E-state index contributed by atoms with van der Waals surface area (Å²) in [6.45, 7) is 8.14. The minimum absolute atomic E-state index is 0.216. The van der Waals surface area contributed by atoms with Gasteiger partial charge in [0.25, 0.3) is 0 Å². The van der Waals surface area contributed by atoms with E-state index in [4.69, 9.17) is 0 Å². The molecule has 0 saturated heterocycles. The first-order chi connectivity index (χ1) is 13.1. The normalized spacial score (nSPS) is 16.5. The molecule has 0 bridgehead atoms. The number of carbonyl (C=O) groups is 3. The van der Waals surface area contributed by atoms with E-state index < -0.39 is 40.5 Å². The first kappa shape index (κ1) is 26.1. The number of hydrogen-bond acceptors (Lipinski definition) is 3. The van der Waals surface area contributed by atoms with E-state index in [0.717, 1.165) is 38.5 Å². The van der Waals surface area contributed by atoms with Crippen molar-refractivity contribution in [3.05, 3.63) is 12.7 Å². The molecule has 0 heterocycles. The molecular formula is C21H38NO6+. The maximum atomic E-state index is 11.7. The number of hydrogen-bond donors (Lipinski definition) is 3. The van der Waals surface area contributed by atoms with Gasteiger partial charge in [0.15, 0.2) is 18.1 Å². The molecule has 3 unspecified atom stereocenters. The highest BCUT2D eigenvalue weighted by Crippen LogP contribution is 2.27. The summed E-state index contributed by atoms with van der Waals surface area (Å²) in [6.07, 6.45) is 11.1. The lowest BCUT2D eigenvalue weighted by Gasteiger charge is -2.47. The van der Waals surface area contributed by atoms with Gasteiger partial charge in [-0.2, -0.15) is 0 Å². The van der Waals surface area contributed by atoms with E-state index in [1.54, 1.807) is 0 Å². The molecule has 0 aliphatic carbocycles. The Labute approximate surface area is 168 Å². The maximum absolute atomic E-state index is 11.7. The molecule has 162 valence electrons. The summed E-state index contributed by atoms with van der Waals surface area (Å²) in [4.78, 5) is 35.0. The Morgan fingerprint density at radius 1 is 0.714 bits per heavy atom. The minimum Gasteiger partial charge on any atom is -0.477 e. The number of quaternary nitrogens is 1. The van der Waals surface area contributed by atoms with Gasteiger partial charge in [-0.05, 0) is 46.5 Å². The van der Waals surface area contributed by atoms with E-state index >= 15 is 0 Å². The molecule has 0 saturated carbocycles. The fourth-order valence-electron chi connectivity index (χ4n) is 3.94. The van der Waals surface area contributed by atoms with Gasteiger partial charge in [-0.1, -0.05) is 38.2 Å². The van der Waals surface area contributed by atoms with Gasteiger partial charge in [-0.25, -0.2) is 14.4 Å². The highest BCUT2D eigenvalue weighted by Gasteiger charge is 2.52. The minimum atomic E-state index is -1.18. The summed E-state index contributed by atoms with van der Waals surface area (Å²) in [6, 6.07) is -3.37. The van der Waals surface area contributed by atoms with Gasteiger partial charge in [-0.15, -0.1) is 6.58 Å². The molecule has 0 fully saturated rings. The molecule has 0 aromatic heterocycles. The molecule has 3 N–H and O–H groups in total. The zero-order valence-electron chi connectivity index (χ0n) is 17.6. The van der Waals surface area contributed by atoms with Crippen molar-refractivity contribution < 1.29 is 34.2 Å². The van der Waals surface area contributed by atoms with E-state index in [9.17, 15) is 29.7 Å². The third-order valence-corrected chi connectivity index (χ3v) is 5.94. The lowest BCUT2D eigenvalue weighted by atomic mass is 10.00. The Morgan fingerprint density at radius 2 is 1.04 bits per heavy atom. The molecule has 0 aliphatic rings. The quantitative estimate of drug-likeness (QED) is 0.194. The van der Waals surface area contributed by atoms with Crippen LogP contribution in [-0.4, -0.2) is 62.4 Å². The van der Waals surface area contributed by atoms with E-state index in [1.807, 2.05) is 6.08 Å². The molecule has 7 heteroatoms. The highest BCUT2D eigenvalue weighted by atomic mass is 16.4. The van der Waals surface area contributed by atoms with Crippen molar-refractivity contribution >= 4 is 17.9 Å². The zero-order chi connectivity index (χ0) is 21.7. The molecular weight excluding hydrogens is 362 g/mol. The smallest absolute Gasteiger partial charge is 0.362 e. The Bertz CT molecular complexity index is 469. The second-order valence-corrected chi connectivity index (χ2v) is 7.67. The van der Waals surface area contributed by atoms with Gasteiger partial charge < -0.3 is 15.3 Å². The summed E-state index contributed by atoms with van der Waals surface area (Å²) < 4.78 is -0.485. The highest BCUT2D eigenvalue weighted by molar-refractivity contribution is 5.77. The SMILES string of the molecule is C=CCCCCCCCCCC[N+](C(C)C(=O)O)(C(C)C(=O)O)C(C)C(=O)O. The first-order valence-corrected chi connectivity index (χ1v) is 10.3. The van der Waals surface area contributed by atoms with E-state index in [-0.39, 0.29) is 6.54 Å². The maximum Gasteiger partial charge on any atom is 0.362 e. The number of carboxylic acids is 3. The molecule has 0 rings (SSSR count). The van der Waals surface area contributed by atoms with Gasteiger partial charge >= 0.3 is 17.9 Å². The van der Waals surface area contributed by atoms with Crippen molar-refractivity contribution in [1.29, 1.82) is 0 Å². The van der Waals surface area contributed by atoms with Crippen LogP contribution >= 0.6 is 0 Å². The standard InChI is InChI=1S/C21H37NO6/c1-5-6-7-8-9-10-11-12-13-14-15-22(16(2)19(23)24,17(3)20(25)26)18(4)21(27)28/h5,16-18H,1,6-15H2,2-4H3,(H2-,23,24,25,26,27,28)/p+1. The molecule has 7 nitrogen and oxygen atoms in total. The lowest BCUT2D eigenvalue weighted by Crippen LogP contribution is -2.70. The molecule has 0 aromatic rings. The van der Waals surface area contributed by atoms with Crippen LogP contribution in [0.3, 0.4) is 0 Å². The first-order valence-electron chi connectivity index (χ1n) is 10.3. The topological polar surface area (TPSA) is 112 Å². The Hall–Kier alpha value is -1.89. The van der Waals surface area contributed by atoms with Crippen LogP contribution in [0.5, 0.6) is 0 Å². The molecule has 28 heavy (non-hydrogen) atoms. The zero-order valence-corrected chi connectivity index (χ0v) is 17.6. The summed E-state index contributed by atoms with van der Waals surface area (Å²) >= 11 is 0. The second kappa shape index (κ2) is 13.3. The third-order valence-electron chi connectivity index (χ3n) is 5.94. The van der Waals surface area contributed by atoms with Crippen molar-refractivity contribution in [3.8, 4) is 0 Å². The Kier molecular flexibility index (Phi) is 12.4. The fraction of sp³-hybridized carbons (Fsp3) is 0.762. The predicted octanol–water partition coefficient (Wildman–Crippen LogP) is 3.92. The Morgan fingerprint density at radius 3 is 1.36 bits per heavy atom. The van der Waals surface area contributed by atoms with Gasteiger partial charge in [-0.3, -0.25) is 4.48 Å². The molecule has 0 amide bonds. The summed E-state index contributed by atoms with van der Waals surface area (Å²) in [7, 11) is 0. The van der Waals surface area contributed by atoms with E-state index in [0.29, 0.717) is 6.42 Å². The van der Waals surface area contributed by atoms with Crippen LogP contribution in [-0.2, 0) is 14.4 Å². The van der Waals surface area contributed by atoms with Gasteiger partial charge in [0.2, 0.25) is 0 Å². The molecule has 0 aliphatic heterocycles. The van der Waals surface area contributed by atoms with E-state index in [2.05, 4.69) is 6.58 Å². The van der Waals surface area contributed by atoms with Crippen LogP contribution in [0.2, 0.25) is 0 Å². The van der Waals surface area contributed by atoms with Crippen LogP contribution in [0.25, 0.3) is 0 Å². The van der Waals surface area contributed by atoms with Crippen LogP contribution in [0.4, 0.5) is 0 Å². The predicted molar refractivity (Wildman–Crippen MR) is 108 cm³/mol. The number of nitrogens with zero attached hydrogens (tertiary/aromatic N) is 1. The monoisotopic (exact) mass is 400 g/mol. The van der Waals surface area contributed by atoms with Crippen molar-refractivity contribution in [2.24, 2.45) is 0 Å². The van der Waals surface area contributed by atoms with Crippen molar-refractivity contribution in [1.82, 2.24) is 0 Å². The van der Waals surface area contributed by atoms with Crippen molar-refractivity contribution in [2.45, 2.75) is 96.7 Å². The average molecular weight is 401 g/mol. The fourth-order valence-corrected chi connectivity index (χ4v) is 3.94. The number of allylic oxidation sites excluding steroid dienone is 1. The molecule has 3 atom stereocenters. The van der Waals surface area contributed by atoms with Crippen molar-refractivity contribution in [2.75, 3.05) is 6.54 Å². The number of unbranched alkanes of at least 4 members (excludes halogenated alkanes) is 8. The summed E-state index contributed by atoms with van der Waals surface area (Å²) in [5, 5.41) is 28.6. The third kappa shape index (κ3) is 7.62. The Balaban J connectivity index is 4.90. The molecule has 0 radical (unpaired) electrons. The number of carboxylic acid groups (broad SMARTS) is 3. The van der Waals surface area contributed by atoms with Gasteiger partial charge in [0.1, 0.15) is 0 Å². The van der Waals surface area contributed by atoms with Crippen molar-refractivity contribution in [3.63, 3.8) is 0 Å². The van der Waals surface area contributed by atoms with E-state index in [1.165, 1.54) is 33.6 Å². The second-order valence-electron chi connectivity index (χ2n) is 7.67. The molecule has 0 aromatic carbocycles. The van der Waals surface area contributed by atoms with Crippen LogP contribution in [0.15, 0.2) is 12.7 Å². The number of aliphatic carboxylic acids is 3. The van der Waals surface area contributed by atoms with Crippen LogP contribution in [0, 0.1) is 0 Å². The summed E-state index contributed by atoms with van der Waals surface area (Å²) in [5.74, 6) is -3.54. The van der Waals surface area contributed by atoms with Gasteiger partial charge in [0, 0.05) is 0 Å². The summed E-state index contributed by atoms with van der Waals surface area (Å²) in [5.41, 5.74) is 0. The average Bonchev–Trinajstić information content (AvgIpc) is 2.64. The molecule has 0 spiro atoms. The van der Waals surface area contributed by atoms with Gasteiger partial charge in [0.05, 0.1) is 6.54 Å². The number of rotatable bonds is 17. The van der Waals surface area contributed by atoms with Crippen LogP contribution in [0.1, 0.15) is 78.6 Å². The largest absolute Gasteiger partial charge is 0.477 e. The van der Waals surface area contributed by atoms with Crippen LogP contribution < -0.4 is 0 Å². The lowest BCUT2D eigenvalue weighted by molar-refractivity contribution is -0.968.